The first kappa shape index (κ1) is 32.3. The molecule has 11 heavy (non-hydrogen) atoms. The van der Waals surface area contributed by atoms with Crippen LogP contribution in [-0.4, -0.2) is 34.7 Å². The zero-order chi connectivity index (χ0) is 8.12. The maximum atomic E-state index is 8.36. The van der Waals surface area contributed by atoms with Crippen LogP contribution in [0.25, 0.3) is 0 Å². The summed E-state index contributed by atoms with van der Waals surface area (Å²) in [5.74, 6) is 0. The van der Waals surface area contributed by atoms with Crippen LogP contribution in [0.5, 0.6) is 0 Å². The van der Waals surface area contributed by atoms with Gasteiger partial charge in [-0.2, -0.15) is 0 Å². The number of carboxylic acid groups (broad SMARTS) is 3. The standard InChI is InChI=1S/3CH2O2.CH3.Rh/c3*2-1-3;;/h3*1H,(H,2,3);1H3;/q;;;-1;. The Morgan fingerprint density at radius 1 is 0.727 bits per heavy atom. The molecule has 7 heteroatoms. The van der Waals surface area contributed by atoms with E-state index in [1.165, 1.54) is 0 Å². The largest absolute Gasteiger partial charge is 0.483 e. The molecular formula is C4H9O6Rh-. The Bertz CT molecular complexity index is 51.3. The van der Waals surface area contributed by atoms with Crippen molar-refractivity contribution in [3.63, 3.8) is 0 Å². The van der Waals surface area contributed by atoms with Crippen LogP contribution in [0.3, 0.4) is 0 Å². The van der Waals surface area contributed by atoms with Gasteiger partial charge in [-0.3, -0.25) is 14.4 Å². The number of carbonyl (C=O) groups is 3. The fourth-order valence-corrected chi connectivity index (χ4v) is 0. The average Bonchev–Trinajstić information content (AvgIpc) is 1.70. The Hall–Kier alpha value is -0.967. The molecule has 0 atom stereocenters. The Labute approximate surface area is 76.6 Å². The Morgan fingerprint density at radius 3 is 0.727 bits per heavy atom. The Balaban J connectivity index is -0.0000000150. The van der Waals surface area contributed by atoms with E-state index in [0.717, 1.165) is 0 Å². The van der Waals surface area contributed by atoms with Gasteiger partial charge in [-0.05, 0) is 0 Å². The van der Waals surface area contributed by atoms with Crippen LogP contribution in [0.2, 0.25) is 0 Å². The molecule has 0 aromatic heterocycles. The van der Waals surface area contributed by atoms with Gasteiger partial charge in [-0.15, -0.1) is 0 Å². The summed E-state index contributed by atoms with van der Waals surface area (Å²) < 4.78 is 0. The van der Waals surface area contributed by atoms with Crippen LogP contribution in [0, 0.1) is 7.43 Å². The molecule has 0 heterocycles. The van der Waals surface area contributed by atoms with Gasteiger partial charge in [-0.1, -0.05) is 0 Å². The fourth-order valence-electron chi connectivity index (χ4n) is 0. The molecule has 0 rings (SSSR count). The molecule has 0 spiro atoms. The van der Waals surface area contributed by atoms with Crippen molar-refractivity contribution in [3.05, 3.63) is 7.43 Å². The minimum Gasteiger partial charge on any atom is -0.483 e. The first-order valence-electron chi connectivity index (χ1n) is 1.48. The van der Waals surface area contributed by atoms with Gasteiger partial charge in [0.05, 0.1) is 0 Å². The van der Waals surface area contributed by atoms with Crippen molar-refractivity contribution in [2.75, 3.05) is 0 Å². The van der Waals surface area contributed by atoms with Crippen molar-refractivity contribution < 1.29 is 49.2 Å². The molecule has 71 valence electrons. The maximum Gasteiger partial charge on any atom is 0.290 e. The summed E-state index contributed by atoms with van der Waals surface area (Å²) in [5.41, 5.74) is 0. The molecule has 0 unspecified atom stereocenters. The number of hydrogen-bond donors (Lipinski definition) is 3. The quantitative estimate of drug-likeness (QED) is 0.307. The fraction of sp³-hybridized carbons (Fsp3) is 0. The summed E-state index contributed by atoms with van der Waals surface area (Å²) in [4.78, 5) is 25.1. The van der Waals surface area contributed by atoms with E-state index in [1.54, 1.807) is 0 Å². The third kappa shape index (κ3) is 478. The van der Waals surface area contributed by atoms with Gasteiger partial charge in [0.1, 0.15) is 0 Å². The summed E-state index contributed by atoms with van der Waals surface area (Å²) in [7, 11) is 0. The zero-order valence-corrected chi connectivity index (χ0v) is 7.27. The predicted molar refractivity (Wildman–Crippen MR) is 32.5 cm³/mol. The molecule has 0 aromatic carbocycles. The number of hydrogen-bond acceptors (Lipinski definition) is 3. The van der Waals surface area contributed by atoms with Crippen molar-refractivity contribution in [3.8, 4) is 0 Å². The SMILES string of the molecule is O=CO.O=CO.O=CO.[CH3-].[Rh]. The third-order valence-corrected chi connectivity index (χ3v) is 0. The van der Waals surface area contributed by atoms with E-state index in [1.807, 2.05) is 0 Å². The van der Waals surface area contributed by atoms with Crippen LogP contribution in [0.15, 0.2) is 0 Å². The predicted octanol–water partition coefficient (Wildman–Crippen LogP) is -0.450. The van der Waals surface area contributed by atoms with E-state index < -0.39 is 0 Å². The van der Waals surface area contributed by atoms with Gasteiger partial charge in [0.15, 0.2) is 0 Å². The average molecular weight is 256 g/mol. The van der Waals surface area contributed by atoms with Crippen molar-refractivity contribution in [2.45, 2.75) is 0 Å². The molecule has 3 N–H and O–H groups in total. The van der Waals surface area contributed by atoms with E-state index in [0.29, 0.717) is 0 Å². The molecular weight excluding hydrogens is 247 g/mol. The second-order valence-electron chi connectivity index (χ2n) is 0.316. The molecule has 0 saturated carbocycles. The molecule has 6 nitrogen and oxygen atoms in total. The molecule has 0 aliphatic heterocycles. The molecule has 0 fully saturated rings. The van der Waals surface area contributed by atoms with E-state index in [4.69, 9.17) is 29.7 Å². The van der Waals surface area contributed by atoms with Crippen LogP contribution in [-0.2, 0) is 33.9 Å². The summed E-state index contributed by atoms with van der Waals surface area (Å²) in [5, 5.41) is 20.7. The number of rotatable bonds is 0. The topological polar surface area (TPSA) is 112 Å². The molecule has 0 aliphatic rings. The monoisotopic (exact) mass is 256 g/mol. The van der Waals surface area contributed by atoms with Gasteiger partial charge in [0.25, 0.3) is 19.4 Å². The minimum absolute atomic E-state index is 0. The van der Waals surface area contributed by atoms with Gasteiger partial charge in [0, 0.05) is 19.5 Å². The van der Waals surface area contributed by atoms with Crippen LogP contribution < -0.4 is 0 Å². The van der Waals surface area contributed by atoms with Gasteiger partial charge >= 0.3 is 0 Å². The third-order valence-electron chi connectivity index (χ3n) is 0. The van der Waals surface area contributed by atoms with E-state index in [9.17, 15) is 0 Å². The van der Waals surface area contributed by atoms with Crippen molar-refractivity contribution in [1.29, 1.82) is 0 Å². The molecule has 0 bridgehead atoms. The molecule has 0 aromatic rings. The first-order valence-corrected chi connectivity index (χ1v) is 1.48. The summed E-state index contributed by atoms with van der Waals surface area (Å²) in [6.07, 6.45) is 0. The maximum absolute atomic E-state index is 8.36. The second kappa shape index (κ2) is 141. The summed E-state index contributed by atoms with van der Waals surface area (Å²) in [6, 6.07) is 0. The van der Waals surface area contributed by atoms with Gasteiger partial charge < -0.3 is 22.7 Å². The molecule has 0 aliphatic carbocycles. The van der Waals surface area contributed by atoms with Gasteiger partial charge in [-0.25, -0.2) is 0 Å². The smallest absolute Gasteiger partial charge is 0.290 e. The summed E-state index contributed by atoms with van der Waals surface area (Å²) >= 11 is 0. The van der Waals surface area contributed by atoms with Gasteiger partial charge in [0.2, 0.25) is 0 Å². The second-order valence-corrected chi connectivity index (χ2v) is 0.316. The zero-order valence-electron chi connectivity index (χ0n) is 5.63. The molecule has 0 saturated heterocycles. The van der Waals surface area contributed by atoms with E-state index in [-0.39, 0.29) is 46.3 Å². The Kier molecular flexibility index (Phi) is 414. The summed E-state index contributed by atoms with van der Waals surface area (Å²) in [6.45, 7) is -0.750. The molecule has 1 radical (unpaired) electrons. The van der Waals surface area contributed by atoms with Crippen LogP contribution in [0.1, 0.15) is 0 Å². The van der Waals surface area contributed by atoms with Crippen LogP contribution in [0.4, 0.5) is 0 Å². The normalized spacial score (nSPS) is 3.27. The van der Waals surface area contributed by atoms with Crippen molar-refractivity contribution in [2.24, 2.45) is 0 Å². The first-order chi connectivity index (χ1) is 4.24. The van der Waals surface area contributed by atoms with E-state index >= 15 is 0 Å². The Morgan fingerprint density at radius 2 is 0.727 bits per heavy atom. The van der Waals surface area contributed by atoms with Crippen LogP contribution >= 0.6 is 0 Å². The van der Waals surface area contributed by atoms with Crippen molar-refractivity contribution in [1.82, 2.24) is 0 Å². The minimum atomic E-state index is -0.250. The van der Waals surface area contributed by atoms with E-state index in [2.05, 4.69) is 0 Å². The van der Waals surface area contributed by atoms with Crippen molar-refractivity contribution >= 4 is 19.4 Å². The molecule has 0 amide bonds.